The van der Waals surface area contributed by atoms with Gasteiger partial charge in [-0.15, -0.1) is 0 Å². The molecular weight excluding hydrogens is 260 g/mol. The Hall–Kier alpha value is -0.860. The Labute approximate surface area is 131 Å². The van der Waals surface area contributed by atoms with E-state index in [2.05, 4.69) is 11.9 Å². The average molecular weight is 294 g/mol. The van der Waals surface area contributed by atoms with E-state index in [1.165, 1.54) is 64.2 Å². The highest BCUT2D eigenvalue weighted by molar-refractivity contribution is 5.90. The molecule has 0 aromatic rings. The fraction of sp³-hybridized carbons (Fsp3) is 0.889. The summed E-state index contributed by atoms with van der Waals surface area (Å²) in [6.07, 6.45) is 16.8. The third-order valence-electron chi connectivity index (χ3n) is 4.24. The fourth-order valence-corrected chi connectivity index (χ4v) is 2.87. The quantitative estimate of drug-likeness (QED) is 0.513. The topological polar surface area (TPSA) is 32.7 Å². The maximum Gasteiger partial charge on any atom is 0.227 e. The first-order valence-corrected chi connectivity index (χ1v) is 9.10. The number of unbranched alkanes of at least 4 members (excludes halogenated alkanes) is 9. The van der Waals surface area contributed by atoms with E-state index >= 15 is 0 Å². The van der Waals surface area contributed by atoms with Gasteiger partial charge in [-0.1, -0.05) is 64.7 Å². The van der Waals surface area contributed by atoms with E-state index in [0.29, 0.717) is 6.42 Å². The molecule has 0 atom stereocenters. The molecule has 0 unspecified atom stereocenters. The highest BCUT2D eigenvalue weighted by Gasteiger charge is 2.12. The number of hydrogen-bond acceptors (Lipinski definition) is 2. The van der Waals surface area contributed by atoms with Crippen LogP contribution in [0.5, 0.6) is 0 Å². The molecule has 0 fully saturated rings. The third-order valence-corrected chi connectivity index (χ3v) is 4.24. The Morgan fingerprint density at radius 3 is 2.29 bits per heavy atom. The maximum atomic E-state index is 11.9. The monoisotopic (exact) mass is 294 g/mol. The predicted molar refractivity (Wildman–Crippen MR) is 91.0 cm³/mol. The molecule has 0 bridgehead atoms. The van der Waals surface area contributed by atoms with Gasteiger partial charge in [0.1, 0.15) is 0 Å². The van der Waals surface area contributed by atoms with Crippen molar-refractivity contribution >= 4 is 12.1 Å². The largest absolute Gasteiger partial charge is 0.342 e. The Bertz CT molecular complexity index is 289. The normalized spacial score (nSPS) is 17.6. The van der Waals surface area contributed by atoms with Gasteiger partial charge in [-0.05, 0) is 12.8 Å². The smallest absolute Gasteiger partial charge is 0.227 e. The molecule has 0 saturated heterocycles. The Morgan fingerprint density at radius 2 is 1.62 bits per heavy atom. The molecule has 3 nitrogen and oxygen atoms in total. The second kappa shape index (κ2) is 12.8. The van der Waals surface area contributed by atoms with Crippen LogP contribution in [0.4, 0.5) is 0 Å². The number of carbonyl (C=O) groups excluding carboxylic acids is 1. The van der Waals surface area contributed by atoms with E-state index in [1.807, 2.05) is 4.90 Å². The molecule has 0 saturated carbocycles. The summed E-state index contributed by atoms with van der Waals surface area (Å²) in [7, 11) is 0. The van der Waals surface area contributed by atoms with Gasteiger partial charge >= 0.3 is 0 Å². The van der Waals surface area contributed by atoms with Crippen LogP contribution >= 0.6 is 0 Å². The molecule has 1 heterocycles. The lowest BCUT2D eigenvalue weighted by Crippen LogP contribution is -2.34. The lowest BCUT2D eigenvalue weighted by atomic mass is 10.1. The van der Waals surface area contributed by atoms with Crippen LogP contribution in [0.25, 0.3) is 0 Å². The van der Waals surface area contributed by atoms with Crippen molar-refractivity contribution in [1.82, 2.24) is 4.90 Å². The predicted octanol–water partition coefficient (Wildman–Crippen LogP) is 4.60. The zero-order chi connectivity index (χ0) is 15.2. The molecule has 0 aromatic carbocycles. The molecule has 0 aliphatic carbocycles. The molecule has 1 rings (SSSR count). The zero-order valence-electron chi connectivity index (χ0n) is 14.0. The standard InChI is InChI=1S/C18H34N2O/c1-2-3-4-5-6-7-8-9-10-11-16-20-17-12-14-19-15-13-18(20)21/h15H,2-14,16-17H2,1H3/b19-15-. The highest BCUT2D eigenvalue weighted by atomic mass is 16.2. The van der Waals surface area contributed by atoms with Crippen molar-refractivity contribution in [3.8, 4) is 0 Å². The van der Waals surface area contributed by atoms with E-state index in [9.17, 15) is 4.79 Å². The van der Waals surface area contributed by atoms with Crippen LogP contribution in [0.3, 0.4) is 0 Å². The van der Waals surface area contributed by atoms with Gasteiger partial charge in [0.25, 0.3) is 0 Å². The lowest BCUT2D eigenvalue weighted by molar-refractivity contribution is -0.130. The molecule has 1 aliphatic rings. The molecule has 3 heteroatoms. The summed E-state index contributed by atoms with van der Waals surface area (Å²) in [5.74, 6) is 0.259. The van der Waals surface area contributed by atoms with E-state index in [-0.39, 0.29) is 5.91 Å². The molecule has 1 aliphatic heterocycles. The molecule has 0 N–H and O–H groups in total. The van der Waals surface area contributed by atoms with Crippen LogP contribution in [0.15, 0.2) is 4.99 Å². The van der Waals surface area contributed by atoms with Gasteiger partial charge in [0.15, 0.2) is 0 Å². The van der Waals surface area contributed by atoms with Crippen LogP contribution in [0.2, 0.25) is 0 Å². The molecule has 0 aromatic heterocycles. The summed E-state index contributed by atoms with van der Waals surface area (Å²) in [6.45, 7) is 4.99. The second-order valence-electron chi connectivity index (χ2n) is 6.21. The minimum atomic E-state index is 0.259. The zero-order valence-corrected chi connectivity index (χ0v) is 14.0. The van der Waals surface area contributed by atoms with Gasteiger partial charge in [0.2, 0.25) is 5.91 Å². The number of hydrogen-bond donors (Lipinski definition) is 0. The Morgan fingerprint density at radius 1 is 1.00 bits per heavy atom. The van der Waals surface area contributed by atoms with Gasteiger partial charge in [-0.25, -0.2) is 0 Å². The first-order chi connectivity index (χ1) is 10.3. The van der Waals surface area contributed by atoms with Crippen LogP contribution in [0, 0.1) is 0 Å². The number of nitrogens with zero attached hydrogens (tertiary/aromatic N) is 2. The summed E-state index contributed by atoms with van der Waals surface area (Å²) in [6, 6.07) is 0. The van der Waals surface area contributed by atoms with Crippen LogP contribution in [-0.4, -0.2) is 36.7 Å². The van der Waals surface area contributed by atoms with E-state index in [0.717, 1.165) is 26.1 Å². The van der Waals surface area contributed by atoms with Crippen molar-refractivity contribution in [2.45, 2.75) is 84.0 Å². The number of carbonyl (C=O) groups is 1. The van der Waals surface area contributed by atoms with Crippen molar-refractivity contribution in [3.63, 3.8) is 0 Å². The minimum Gasteiger partial charge on any atom is -0.342 e. The van der Waals surface area contributed by atoms with Crippen LogP contribution in [-0.2, 0) is 4.79 Å². The maximum absolute atomic E-state index is 11.9. The highest BCUT2D eigenvalue weighted by Crippen LogP contribution is 2.11. The van der Waals surface area contributed by atoms with Crippen LogP contribution < -0.4 is 0 Å². The molecule has 21 heavy (non-hydrogen) atoms. The average Bonchev–Trinajstić information content (AvgIpc) is 2.47. The van der Waals surface area contributed by atoms with Crippen molar-refractivity contribution in [2.75, 3.05) is 19.6 Å². The fourth-order valence-electron chi connectivity index (χ4n) is 2.87. The van der Waals surface area contributed by atoms with Crippen molar-refractivity contribution in [3.05, 3.63) is 0 Å². The number of rotatable bonds is 11. The van der Waals surface area contributed by atoms with Crippen molar-refractivity contribution in [2.24, 2.45) is 4.99 Å². The Balaban J connectivity index is 1.93. The summed E-state index contributed by atoms with van der Waals surface area (Å²) >= 11 is 0. The summed E-state index contributed by atoms with van der Waals surface area (Å²) < 4.78 is 0. The van der Waals surface area contributed by atoms with Gasteiger partial charge in [0.05, 0.1) is 6.42 Å². The molecule has 0 radical (unpaired) electrons. The first kappa shape index (κ1) is 18.2. The lowest BCUT2D eigenvalue weighted by Gasteiger charge is -2.23. The Kier molecular flexibility index (Phi) is 11.1. The molecule has 0 spiro atoms. The van der Waals surface area contributed by atoms with Gasteiger partial charge in [-0.2, -0.15) is 0 Å². The van der Waals surface area contributed by atoms with Gasteiger partial charge in [0, 0.05) is 25.8 Å². The second-order valence-corrected chi connectivity index (χ2v) is 6.21. The molecule has 1 amide bonds. The van der Waals surface area contributed by atoms with Crippen molar-refractivity contribution < 1.29 is 4.79 Å². The summed E-state index contributed by atoms with van der Waals surface area (Å²) in [5, 5.41) is 0. The van der Waals surface area contributed by atoms with Gasteiger partial charge in [-0.3, -0.25) is 9.79 Å². The number of amides is 1. The van der Waals surface area contributed by atoms with E-state index in [1.54, 1.807) is 6.21 Å². The van der Waals surface area contributed by atoms with Crippen LogP contribution in [0.1, 0.15) is 84.0 Å². The first-order valence-electron chi connectivity index (χ1n) is 9.10. The molecular formula is C18H34N2O. The van der Waals surface area contributed by atoms with E-state index < -0.39 is 0 Å². The van der Waals surface area contributed by atoms with Crippen molar-refractivity contribution in [1.29, 1.82) is 0 Å². The molecule has 122 valence electrons. The minimum absolute atomic E-state index is 0.259. The summed E-state index contributed by atoms with van der Waals surface area (Å²) in [5.41, 5.74) is 0. The van der Waals surface area contributed by atoms with E-state index in [4.69, 9.17) is 0 Å². The van der Waals surface area contributed by atoms with Gasteiger partial charge < -0.3 is 4.90 Å². The SMILES string of the molecule is CCCCCCCCCCCCN1CCC/N=C\CC1=O. The third kappa shape index (κ3) is 9.65. The number of aliphatic imine (C=N–C) groups is 1. The summed E-state index contributed by atoms with van der Waals surface area (Å²) in [4.78, 5) is 18.1.